The van der Waals surface area contributed by atoms with Crippen molar-refractivity contribution in [2.75, 3.05) is 26.2 Å². The molecular formula is C13H20ClN3O2. The molecule has 0 radical (unpaired) electrons. The molecule has 2 N–H and O–H groups in total. The zero-order chi connectivity index (χ0) is 13.7. The van der Waals surface area contributed by atoms with Gasteiger partial charge in [0.2, 0.25) is 0 Å². The molecule has 1 fully saturated rings. The van der Waals surface area contributed by atoms with E-state index in [9.17, 15) is 4.79 Å². The summed E-state index contributed by atoms with van der Waals surface area (Å²) in [6.45, 7) is 5.71. The van der Waals surface area contributed by atoms with Crippen LogP contribution < -0.4 is 10.6 Å². The average molecular weight is 286 g/mol. The van der Waals surface area contributed by atoms with Gasteiger partial charge < -0.3 is 19.9 Å². The van der Waals surface area contributed by atoms with Gasteiger partial charge in [-0.25, -0.2) is 0 Å². The van der Waals surface area contributed by atoms with E-state index >= 15 is 0 Å². The molecule has 0 bridgehead atoms. The zero-order valence-corrected chi connectivity index (χ0v) is 11.9. The van der Waals surface area contributed by atoms with Crippen molar-refractivity contribution in [1.29, 1.82) is 0 Å². The van der Waals surface area contributed by atoms with Crippen LogP contribution in [0.25, 0.3) is 0 Å². The third-order valence-corrected chi connectivity index (χ3v) is 3.26. The second-order valence-corrected chi connectivity index (χ2v) is 5.08. The van der Waals surface area contributed by atoms with Gasteiger partial charge in [0.15, 0.2) is 0 Å². The summed E-state index contributed by atoms with van der Waals surface area (Å²) in [5, 5.41) is 6.72. The van der Waals surface area contributed by atoms with Gasteiger partial charge in [-0.2, -0.15) is 0 Å². The highest BCUT2D eigenvalue weighted by atomic mass is 35.5. The van der Waals surface area contributed by atoms with Gasteiger partial charge in [0.1, 0.15) is 5.69 Å². The average Bonchev–Trinajstić information content (AvgIpc) is 2.79. The Labute approximate surface area is 118 Å². The number of carbonyl (C=O) groups is 1. The van der Waals surface area contributed by atoms with Crippen LogP contribution in [-0.2, 0) is 11.3 Å². The van der Waals surface area contributed by atoms with Crippen LogP contribution in [0, 0.1) is 0 Å². The summed E-state index contributed by atoms with van der Waals surface area (Å²) < 4.78 is 7.42. The molecule has 106 valence electrons. The minimum atomic E-state index is -0.102. The monoisotopic (exact) mass is 285 g/mol. The molecule has 5 nitrogen and oxygen atoms in total. The third kappa shape index (κ3) is 3.96. The molecule has 1 atom stereocenters. The van der Waals surface area contributed by atoms with E-state index in [2.05, 4.69) is 17.6 Å². The Bertz CT molecular complexity index is 428. The minimum Gasteiger partial charge on any atom is -0.374 e. The second-order valence-electron chi connectivity index (χ2n) is 4.64. The van der Waals surface area contributed by atoms with Crippen LogP contribution in [0.15, 0.2) is 12.3 Å². The summed E-state index contributed by atoms with van der Waals surface area (Å²) in [6, 6.07) is 1.70. The Morgan fingerprint density at radius 1 is 1.68 bits per heavy atom. The van der Waals surface area contributed by atoms with Crippen molar-refractivity contribution in [2.24, 2.45) is 0 Å². The van der Waals surface area contributed by atoms with Crippen LogP contribution in [-0.4, -0.2) is 42.8 Å². The van der Waals surface area contributed by atoms with E-state index in [0.717, 1.165) is 26.1 Å². The maximum atomic E-state index is 12.1. The molecule has 1 aliphatic heterocycles. The number of nitrogens with zero attached hydrogens (tertiary/aromatic N) is 1. The lowest BCUT2D eigenvalue weighted by molar-refractivity contribution is 0.0286. The molecule has 1 unspecified atom stereocenters. The van der Waals surface area contributed by atoms with Gasteiger partial charge in [0.05, 0.1) is 17.7 Å². The van der Waals surface area contributed by atoms with Gasteiger partial charge in [0.25, 0.3) is 5.91 Å². The van der Waals surface area contributed by atoms with Crippen molar-refractivity contribution in [3.8, 4) is 0 Å². The van der Waals surface area contributed by atoms with E-state index < -0.39 is 0 Å². The predicted molar refractivity (Wildman–Crippen MR) is 74.7 cm³/mol. The largest absolute Gasteiger partial charge is 0.374 e. The molecule has 1 saturated heterocycles. The predicted octanol–water partition coefficient (Wildman–Crippen LogP) is 1.27. The molecule has 0 aliphatic carbocycles. The number of hydrogen-bond donors (Lipinski definition) is 2. The van der Waals surface area contributed by atoms with Gasteiger partial charge in [-0.1, -0.05) is 18.5 Å². The molecule has 0 saturated carbocycles. The summed E-state index contributed by atoms with van der Waals surface area (Å²) in [5.41, 5.74) is 0.607. The Balaban J connectivity index is 1.91. The van der Waals surface area contributed by atoms with Crippen molar-refractivity contribution >= 4 is 17.5 Å². The molecule has 0 spiro atoms. The van der Waals surface area contributed by atoms with E-state index in [1.807, 2.05) is 4.57 Å². The minimum absolute atomic E-state index is 0.0442. The number of rotatable bonds is 5. The summed E-state index contributed by atoms with van der Waals surface area (Å²) in [7, 11) is 0. The van der Waals surface area contributed by atoms with Crippen LogP contribution in [0.1, 0.15) is 23.8 Å². The molecule has 1 aromatic rings. The third-order valence-electron chi connectivity index (χ3n) is 3.06. The Morgan fingerprint density at radius 2 is 2.53 bits per heavy atom. The van der Waals surface area contributed by atoms with Crippen LogP contribution in [0.4, 0.5) is 0 Å². The van der Waals surface area contributed by atoms with E-state index in [1.165, 1.54) is 0 Å². The van der Waals surface area contributed by atoms with Crippen molar-refractivity contribution in [1.82, 2.24) is 15.2 Å². The standard InChI is InChI=1S/C13H20ClN3O2/c1-2-4-17-9-10(14)6-12(17)13(18)16-8-11-7-15-3-5-19-11/h6,9,11,15H,2-5,7-8H2,1H3,(H,16,18). The number of hydrogen-bond acceptors (Lipinski definition) is 3. The number of aromatic nitrogens is 1. The fraction of sp³-hybridized carbons (Fsp3) is 0.615. The SMILES string of the molecule is CCCn1cc(Cl)cc1C(=O)NCC1CNCCO1. The first-order valence-corrected chi connectivity index (χ1v) is 7.04. The number of carbonyl (C=O) groups excluding carboxylic acids is 1. The van der Waals surface area contributed by atoms with Crippen molar-refractivity contribution < 1.29 is 9.53 Å². The smallest absolute Gasteiger partial charge is 0.268 e. The Hall–Kier alpha value is -1.04. The van der Waals surface area contributed by atoms with Crippen molar-refractivity contribution in [2.45, 2.75) is 26.0 Å². The second kappa shape index (κ2) is 6.93. The summed E-state index contributed by atoms with van der Waals surface area (Å²) in [6.07, 6.45) is 2.79. The molecule has 0 aromatic carbocycles. The van der Waals surface area contributed by atoms with Crippen molar-refractivity contribution in [3.63, 3.8) is 0 Å². The molecular weight excluding hydrogens is 266 g/mol. The fourth-order valence-corrected chi connectivity index (χ4v) is 2.36. The Kier molecular flexibility index (Phi) is 5.24. The lowest BCUT2D eigenvalue weighted by atomic mass is 10.3. The normalized spacial score (nSPS) is 19.4. The highest BCUT2D eigenvalue weighted by molar-refractivity contribution is 6.31. The molecule has 1 aromatic heterocycles. The Morgan fingerprint density at radius 3 is 3.21 bits per heavy atom. The number of amides is 1. The number of nitrogens with one attached hydrogen (secondary N) is 2. The molecule has 19 heavy (non-hydrogen) atoms. The number of ether oxygens (including phenoxy) is 1. The highest BCUT2D eigenvalue weighted by Gasteiger charge is 2.17. The van der Waals surface area contributed by atoms with Gasteiger partial charge in [0, 0.05) is 32.4 Å². The number of morpholine rings is 1. The van der Waals surface area contributed by atoms with Crippen LogP contribution in [0.2, 0.25) is 5.02 Å². The molecule has 2 rings (SSSR count). The van der Waals surface area contributed by atoms with Crippen molar-refractivity contribution in [3.05, 3.63) is 23.0 Å². The fourth-order valence-electron chi connectivity index (χ4n) is 2.14. The lowest BCUT2D eigenvalue weighted by Gasteiger charge is -2.23. The first-order valence-electron chi connectivity index (χ1n) is 6.67. The maximum Gasteiger partial charge on any atom is 0.268 e. The topological polar surface area (TPSA) is 55.3 Å². The summed E-state index contributed by atoms with van der Waals surface area (Å²) in [4.78, 5) is 12.1. The van der Waals surface area contributed by atoms with E-state index in [1.54, 1.807) is 12.3 Å². The quantitative estimate of drug-likeness (QED) is 0.857. The zero-order valence-electron chi connectivity index (χ0n) is 11.1. The molecule has 1 aliphatic rings. The van der Waals surface area contributed by atoms with Gasteiger partial charge >= 0.3 is 0 Å². The van der Waals surface area contributed by atoms with E-state index in [4.69, 9.17) is 16.3 Å². The van der Waals surface area contributed by atoms with Crippen LogP contribution in [0.5, 0.6) is 0 Å². The first kappa shape index (κ1) is 14.4. The number of aryl methyl sites for hydroxylation is 1. The highest BCUT2D eigenvalue weighted by Crippen LogP contribution is 2.14. The van der Waals surface area contributed by atoms with E-state index in [0.29, 0.717) is 23.9 Å². The van der Waals surface area contributed by atoms with E-state index in [-0.39, 0.29) is 12.0 Å². The van der Waals surface area contributed by atoms with Crippen LogP contribution in [0.3, 0.4) is 0 Å². The molecule has 2 heterocycles. The summed E-state index contributed by atoms with van der Waals surface area (Å²) >= 11 is 5.96. The molecule has 6 heteroatoms. The first-order chi connectivity index (χ1) is 9.20. The molecule has 1 amide bonds. The number of halogens is 1. The maximum absolute atomic E-state index is 12.1. The van der Waals surface area contributed by atoms with Crippen LogP contribution >= 0.6 is 11.6 Å². The van der Waals surface area contributed by atoms with Gasteiger partial charge in [-0.3, -0.25) is 4.79 Å². The van der Waals surface area contributed by atoms with Gasteiger partial charge in [-0.15, -0.1) is 0 Å². The summed E-state index contributed by atoms with van der Waals surface area (Å²) in [5.74, 6) is -0.102. The van der Waals surface area contributed by atoms with Gasteiger partial charge in [-0.05, 0) is 12.5 Å². The lowest BCUT2D eigenvalue weighted by Crippen LogP contribution is -2.45.